The molecule has 1 aromatic rings. The number of nitrogens with zero attached hydrogens (tertiary/aromatic N) is 2. The number of nitrogens with one attached hydrogen (secondary N) is 2. The summed E-state index contributed by atoms with van der Waals surface area (Å²) < 4.78 is 5.69. The quantitative estimate of drug-likeness (QED) is 0.319. The number of thioether (sulfide) groups is 1. The van der Waals surface area contributed by atoms with Crippen LogP contribution in [0, 0.1) is 5.92 Å². The summed E-state index contributed by atoms with van der Waals surface area (Å²) in [5, 5.41) is 8.33. The lowest BCUT2D eigenvalue weighted by atomic mass is 9.88. The van der Waals surface area contributed by atoms with Crippen molar-refractivity contribution in [1.29, 1.82) is 0 Å². The Hall–Kier alpha value is -0.510. The van der Waals surface area contributed by atoms with E-state index in [0.717, 1.165) is 51.6 Å². The highest BCUT2D eigenvalue weighted by molar-refractivity contribution is 14.0. The summed E-state index contributed by atoms with van der Waals surface area (Å²) in [6.07, 6.45) is 2.03. The topological polar surface area (TPSA) is 48.9 Å². The molecule has 0 amide bonds. The van der Waals surface area contributed by atoms with E-state index in [1.807, 2.05) is 7.05 Å². The van der Waals surface area contributed by atoms with Crippen molar-refractivity contribution < 1.29 is 4.74 Å². The van der Waals surface area contributed by atoms with Crippen molar-refractivity contribution in [3.63, 3.8) is 0 Å². The van der Waals surface area contributed by atoms with Gasteiger partial charge in [-0.25, -0.2) is 0 Å². The molecule has 2 N–H and O–H groups in total. The molecule has 2 atom stereocenters. The van der Waals surface area contributed by atoms with Crippen LogP contribution in [-0.2, 0) is 4.74 Å². The van der Waals surface area contributed by atoms with Gasteiger partial charge in [0.05, 0.1) is 0 Å². The highest BCUT2D eigenvalue weighted by atomic mass is 127. The molecule has 2 aliphatic heterocycles. The van der Waals surface area contributed by atoms with E-state index in [1.54, 1.807) is 0 Å². The van der Waals surface area contributed by atoms with Crippen LogP contribution in [0.15, 0.2) is 35.3 Å². The van der Waals surface area contributed by atoms with E-state index in [-0.39, 0.29) is 29.5 Å². The molecule has 7 heteroatoms. The second-order valence-corrected chi connectivity index (χ2v) is 10.0. The van der Waals surface area contributed by atoms with E-state index >= 15 is 0 Å². The first-order chi connectivity index (χ1) is 14.0. The molecular weight excluding hydrogens is 507 g/mol. The molecule has 0 spiro atoms. The van der Waals surface area contributed by atoms with Gasteiger partial charge in [0.25, 0.3) is 0 Å². The summed E-state index contributed by atoms with van der Waals surface area (Å²) in [6.45, 7) is 11.5. The second kappa shape index (κ2) is 12.5. The van der Waals surface area contributed by atoms with E-state index in [1.165, 1.54) is 11.3 Å². The predicted octanol–water partition coefficient (Wildman–Crippen LogP) is 4.15. The number of aliphatic imine (C=N–C) groups is 1. The average Bonchev–Trinajstić information content (AvgIpc) is 2.75. The van der Waals surface area contributed by atoms with Crippen LogP contribution in [0.3, 0.4) is 0 Å². The molecule has 0 radical (unpaired) electrons. The van der Waals surface area contributed by atoms with Gasteiger partial charge in [-0.05, 0) is 31.2 Å². The van der Waals surface area contributed by atoms with Gasteiger partial charge in [-0.2, -0.15) is 11.8 Å². The lowest BCUT2D eigenvalue weighted by molar-refractivity contribution is 0.0352. The highest BCUT2D eigenvalue weighted by Gasteiger charge is 2.35. The van der Waals surface area contributed by atoms with Crippen molar-refractivity contribution in [3.8, 4) is 0 Å². The lowest BCUT2D eigenvalue weighted by Gasteiger charge is -2.42. The molecule has 0 saturated carbocycles. The standard InChI is InChI=1S/C23H38N4OS.HI/c1-18(2)21-16-27(12-15-29-21)22(24-4)25-17-23(10-13-28-14-11-23)26-19(3)20-8-6-5-7-9-20;/h5-9,18-19,21,26H,10-17H2,1-4H3,(H,24,25);1H. The Labute approximate surface area is 204 Å². The van der Waals surface area contributed by atoms with E-state index in [9.17, 15) is 0 Å². The Balaban J connectivity index is 0.00000320. The number of hydrogen-bond donors (Lipinski definition) is 2. The van der Waals surface area contributed by atoms with Crippen LogP contribution in [0.25, 0.3) is 0 Å². The van der Waals surface area contributed by atoms with Gasteiger partial charge in [-0.3, -0.25) is 4.99 Å². The molecule has 3 rings (SSSR count). The molecular formula is C23H39IN4OS. The summed E-state index contributed by atoms with van der Waals surface area (Å²) in [5.74, 6) is 2.90. The van der Waals surface area contributed by atoms with Crippen molar-refractivity contribution in [2.45, 2.75) is 50.4 Å². The second-order valence-electron chi connectivity index (χ2n) is 8.67. The van der Waals surface area contributed by atoms with Crippen LogP contribution in [0.2, 0.25) is 0 Å². The first-order valence-corrected chi connectivity index (χ1v) is 12.1. The van der Waals surface area contributed by atoms with Gasteiger partial charge in [0.2, 0.25) is 0 Å². The molecule has 0 bridgehead atoms. The van der Waals surface area contributed by atoms with Crippen molar-refractivity contribution in [2.24, 2.45) is 10.9 Å². The molecule has 5 nitrogen and oxygen atoms in total. The average molecular weight is 547 g/mol. The summed E-state index contributed by atoms with van der Waals surface area (Å²) in [4.78, 5) is 7.06. The summed E-state index contributed by atoms with van der Waals surface area (Å²) >= 11 is 2.10. The van der Waals surface area contributed by atoms with Gasteiger partial charge in [0.15, 0.2) is 5.96 Å². The molecule has 170 valence electrons. The molecule has 2 heterocycles. The van der Waals surface area contributed by atoms with Crippen molar-refractivity contribution in [3.05, 3.63) is 35.9 Å². The molecule has 1 aromatic carbocycles. The summed E-state index contributed by atoms with van der Waals surface area (Å²) in [6, 6.07) is 11.0. The maximum atomic E-state index is 5.69. The fourth-order valence-corrected chi connectivity index (χ4v) is 5.57. The Morgan fingerprint density at radius 3 is 2.57 bits per heavy atom. The molecule has 2 unspecified atom stereocenters. The number of benzene rings is 1. The molecule has 2 fully saturated rings. The Kier molecular flexibility index (Phi) is 10.7. The maximum absolute atomic E-state index is 5.69. The maximum Gasteiger partial charge on any atom is 0.193 e. The minimum Gasteiger partial charge on any atom is -0.381 e. The smallest absolute Gasteiger partial charge is 0.193 e. The van der Waals surface area contributed by atoms with Crippen LogP contribution in [0.4, 0.5) is 0 Å². The van der Waals surface area contributed by atoms with Gasteiger partial charge < -0.3 is 20.3 Å². The van der Waals surface area contributed by atoms with Gasteiger partial charge in [0.1, 0.15) is 0 Å². The predicted molar refractivity (Wildman–Crippen MR) is 140 cm³/mol. The van der Waals surface area contributed by atoms with Crippen LogP contribution in [-0.4, -0.2) is 67.3 Å². The first kappa shape index (κ1) is 25.7. The van der Waals surface area contributed by atoms with E-state index < -0.39 is 0 Å². The van der Waals surface area contributed by atoms with E-state index in [2.05, 4.69) is 83.4 Å². The third kappa shape index (κ3) is 7.00. The zero-order chi connectivity index (χ0) is 20.7. The fraction of sp³-hybridized carbons (Fsp3) is 0.696. The zero-order valence-electron chi connectivity index (χ0n) is 18.9. The van der Waals surface area contributed by atoms with Crippen LogP contribution in [0.5, 0.6) is 0 Å². The normalized spacial score (nSPS) is 23.0. The summed E-state index contributed by atoms with van der Waals surface area (Å²) in [7, 11) is 1.91. The largest absolute Gasteiger partial charge is 0.381 e. The molecule has 0 aromatic heterocycles. The number of hydrogen-bond acceptors (Lipinski definition) is 4. The molecule has 30 heavy (non-hydrogen) atoms. The monoisotopic (exact) mass is 546 g/mol. The van der Waals surface area contributed by atoms with E-state index in [0.29, 0.717) is 17.2 Å². The number of ether oxygens (including phenoxy) is 1. The van der Waals surface area contributed by atoms with Gasteiger partial charge in [-0.15, -0.1) is 24.0 Å². The van der Waals surface area contributed by atoms with Crippen LogP contribution >= 0.6 is 35.7 Å². The third-order valence-corrected chi connectivity index (χ3v) is 7.75. The molecule has 0 aliphatic carbocycles. The number of guanidine groups is 1. The highest BCUT2D eigenvalue weighted by Crippen LogP contribution is 2.27. The number of rotatable bonds is 6. The van der Waals surface area contributed by atoms with Crippen LogP contribution < -0.4 is 10.6 Å². The summed E-state index contributed by atoms with van der Waals surface area (Å²) in [5.41, 5.74) is 1.35. The molecule has 2 aliphatic rings. The zero-order valence-corrected chi connectivity index (χ0v) is 22.0. The SMILES string of the molecule is CN=C(NCC1(NC(C)c2ccccc2)CCOCC1)N1CCSC(C(C)C)C1.I. The van der Waals surface area contributed by atoms with Gasteiger partial charge in [-0.1, -0.05) is 44.2 Å². The lowest BCUT2D eigenvalue weighted by Crippen LogP contribution is -2.59. The van der Waals surface area contributed by atoms with Crippen LogP contribution in [0.1, 0.15) is 45.2 Å². The van der Waals surface area contributed by atoms with Crippen molar-refractivity contribution >= 4 is 41.7 Å². The minimum absolute atomic E-state index is 0. The Morgan fingerprint density at radius 2 is 1.93 bits per heavy atom. The number of halogens is 1. The molecule has 2 saturated heterocycles. The Morgan fingerprint density at radius 1 is 1.23 bits per heavy atom. The van der Waals surface area contributed by atoms with Gasteiger partial charge in [0, 0.05) is 62.5 Å². The van der Waals surface area contributed by atoms with Crippen molar-refractivity contribution in [1.82, 2.24) is 15.5 Å². The van der Waals surface area contributed by atoms with Gasteiger partial charge >= 0.3 is 0 Å². The first-order valence-electron chi connectivity index (χ1n) is 11.0. The Bertz CT molecular complexity index is 652. The van der Waals surface area contributed by atoms with Crippen molar-refractivity contribution in [2.75, 3.05) is 45.6 Å². The van der Waals surface area contributed by atoms with E-state index in [4.69, 9.17) is 4.74 Å². The fourth-order valence-electron chi connectivity index (χ4n) is 4.27. The minimum atomic E-state index is 0. The third-order valence-electron chi connectivity index (χ3n) is 6.21.